The summed E-state index contributed by atoms with van der Waals surface area (Å²) < 4.78 is 27.5. The van der Waals surface area contributed by atoms with Gasteiger partial charge in [-0.2, -0.15) is 0 Å². The molecule has 0 saturated heterocycles. The van der Waals surface area contributed by atoms with Crippen molar-refractivity contribution in [2.75, 3.05) is 5.32 Å². The summed E-state index contributed by atoms with van der Waals surface area (Å²) in [5.74, 6) is -4.68. The average Bonchev–Trinajstić information content (AvgIpc) is 3.43. The molecule has 4 rings (SSSR count). The molecule has 2 atom stereocenters. The highest BCUT2D eigenvalue weighted by atomic mass is 35.5. The Hall–Kier alpha value is -2.22. The summed E-state index contributed by atoms with van der Waals surface area (Å²) in [5.41, 5.74) is 0.405. The van der Waals surface area contributed by atoms with E-state index >= 15 is 0 Å². The first-order valence-electron chi connectivity index (χ1n) is 11.2. The van der Waals surface area contributed by atoms with Crippen LogP contribution in [0.1, 0.15) is 39.9 Å². The van der Waals surface area contributed by atoms with Crippen LogP contribution in [0.15, 0.2) is 48.5 Å². The lowest BCUT2D eigenvalue weighted by Crippen LogP contribution is -2.17. The Bertz CT molecular complexity index is 1480. The molecule has 0 unspecified atom stereocenters. The van der Waals surface area contributed by atoms with Crippen LogP contribution in [0.4, 0.5) is 14.5 Å². The van der Waals surface area contributed by atoms with Gasteiger partial charge in [-0.1, -0.05) is 46.9 Å². The van der Waals surface area contributed by atoms with E-state index in [0.717, 1.165) is 12.1 Å². The van der Waals surface area contributed by atoms with Crippen LogP contribution < -0.4 is 5.32 Å². The summed E-state index contributed by atoms with van der Waals surface area (Å²) in [6, 6.07) is 11.3. The number of hydrogen-bond donors (Lipinski definition) is 1. The van der Waals surface area contributed by atoms with Crippen molar-refractivity contribution < 1.29 is 23.2 Å². The first-order valence-corrected chi connectivity index (χ1v) is 13.1. The molecular weight excluding hydrogens is 602 g/mol. The van der Waals surface area contributed by atoms with E-state index in [1.165, 1.54) is 25.1 Å². The van der Waals surface area contributed by atoms with Crippen LogP contribution in [0.3, 0.4) is 0 Å². The van der Waals surface area contributed by atoms with Crippen LogP contribution in [-0.4, -0.2) is 21.8 Å². The fourth-order valence-corrected chi connectivity index (χ4v) is 5.63. The van der Waals surface area contributed by atoms with Gasteiger partial charge in [-0.05, 0) is 54.4 Å². The molecule has 0 radical (unpaired) electrons. The van der Waals surface area contributed by atoms with Gasteiger partial charge in [0.05, 0.1) is 21.0 Å². The summed E-state index contributed by atoms with van der Waals surface area (Å²) >= 11 is 31.1. The molecule has 4 nitrogen and oxygen atoms in total. The standard InChI is InChI=1S/C27H18Cl5F2NO3/c1-12(36)8-17-21(33)7-3-14(25(17)34)10-22(37)16-11-15(4-6-18(16)28)35-26(38)24-23(27(24,31)32)13-2-5-19(29)20(30)9-13/h2-7,9,11,23-24H,8,10H2,1H3,(H,35,38)/t23-,24+/m0/s1. The molecule has 1 saturated carbocycles. The number of hydrogen-bond acceptors (Lipinski definition) is 3. The second-order valence-corrected chi connectivity index (χ2v) is 11.6. The maximum absolute atomic E-state index is 14.8. The number of carbonyl (C=O) groups is 3. The van der Waals surface area contributed by atoms with Crippen molar-refractivity contribution in [2.24, 2.45) is 5.92 Å². The van der Waals surface area contributed by atoms with Crippen LogP contribution in [0, 0.1) is 17.6 Å². The molecular formula is C27H18Cl5F2NO3. The van der Waals surface area contributed by atoms with E-state index in [0.29, 0.717) is 15.6 Å². The van der Waals surface area contributed by atoms with Crippen molar-refractivity contribution in [3.8, 4) is 0 Å². The summed E-state index contributed by atoms with van der Waals surface area (Å²) in [6.07, 6.45) is -0.877. The van der Waals surface area contributed by atoms with Crippen LogP contribution in [0.5, 0.6) is 0 Å². The van der Waals surface area contributed by atoms with Gasteiger partial charge in [0.1, 0.15) is 21.8 Å². The average molecular weight is 620 g/mol. The molecule has 0 heterocycles. The lowest BCUT2D eigenvalue weighted by Gasteiger charge is -2.11. The Kier molecular flexibility index (Phi) is 8.41. The lowest BCUT2D eigenvalue weighted by atomic mass is 9.98. The zero-order chi connectivity index (χ0) is 27.9. The number of halogens is 7. The monoisotopic (exact) mass is 617 g/mol. The number of ketones is 2. The van der Waals surface area contributed by atoms with Crippen LogP contribution in [0.25, 0.3) is 0 Å². The quantitative estimate of drug-likeness (QED) is 0.205. The van der Waals surface area contributed by atoms with Crippen molar-refractivity contribution in [1.29, 1.82) is 0 Å². The number of alkyl halides is 2. The Morgan fingerprint density at radius 3 is 2.24 bits per heavy atom. The minimum atomic E-state index is -1.38. The van der Waals surface area contributed by atoms with Crippen LogP contribution in [0.2, 0.25) is 15.1 Å². The van der Waals surface area contributed by atoms with Gasteiger partial charge in [0.15, 0.2) is 5.78 Å². The van der Waals surface area contributed by atoms with Gasteiger partial charge in [0.25, 0.3) is 0 Å². The molecule has 3 aromatic rings. The van der Waals surface area contributed by atoms with Gasteiger partial charge in [0, 0.05) is 35.6 Å². The Morgan fingerprint density at radius 1 is 0.895 bits per heavy atom. The SMILES string of the molecule is CC(=O)Cc1c(F)ccc(CC(=O)c2cc(NC(=O)[C@H]3[C@H](c4ccc(Cl)c(Cl)c4)C3(Cl)Cl)ccc2Cl)c1F. The van der Waals surface area contributed by atoms with Gasteiger partial charge < -0.3 is 5.32 Å². The fraction of sp³-hybridized carbons (Fsp3) is 0.222. The fourth-order valence-electron chi connectivity index (χ4n) is 4.27. The smallest absolute Gasteiger partial charge is 0.231 e. The first-order chi connectivity index (χ1) is 17.8. The third-order valence-corrected chi connectivity index (χ3v) is 8.22. The van der Waals surface area contributed by atoms with E-state index in [-0.39, 0.29) is 21.8 Å². The highest BCUT2D eigenvalue weighted by molar-refractivity contribution is 6.53. The molecule has 0 aliphatic heterocycles. The molecule has 0 aromatic heterocycles. The Labute approximate surface area is 242 Å². The molecule has 0 bridgehead atoms. The number of amides is 1. The predicted octanol–water partition coefficient (Wildman–Crippen LogP) is 8.01. The Balaban J connectivity index is 1.52. The molecule has 1 N–H and O–H groups in total. The largest absolute Gasteiger partial charge is 0.326 e. The topological polar surface area (TPSA) is 63.2 Å². The molecule has 198 valence electrons. The summed E-state index contributed by atoms with van der Waals surface area (Å²) in [6.45, 7) is 1.21. The first kappa shape index (κ1) is 28.8. The molecule has 11 heteroatoms. The van der Waals surface area contributed by atoms with Crippen molar-refractivity contribution in [3.05, 3.63) is 97.5 Å². The zero-order valence-electron chi connectivity index (χ0n) is 19.6. The number of benzene rings is 3. The molecule has 3 aromatic carbocycles. The van der Waals surface area contributed by atoms with E-state index in [4.69, 9.17) is 58.0 Å². The van der Waals surface area contributed by atoms with Crippen LogP contribution >= 0.6 is 58.0 Å². The molecule has 1 fully saturated rings. The summed E-state index contributed by atoms with van der Waals surface area (Å²) in [7, 11) is 0. The maximum atomic E-state index is 14.8. The van der Waals surface area contributed by atoms with Crippen molar-refractivity contribution in [1.82, 2.24) is 0 Å². The number of Topliss-reactive ketones (excluding diaryl/α,β-unsaturated/α-hetero) is 2. The normalized spacial score (nSPS) is 17.7. The second-order valence-electron chi connectivity index (χ2n) is 8.97. The predicted molar refractivity (Wildman–Crippen MR) is 146 cm³/mol. The number of nitrogens with one attached hydrogen (secondary N) is 1. The Morgan fingerprint density at radius 2 is 1.58 bits per heavy atom. The molecule has 1 aliphatic rings. The minimum Gasteiger partial charge on any atom is -0.326 e. The molecule has 1 amide bonds. The van der Waals surface area contributed by atoms with Gasteiger partial charge in [0.2, 0.25) is 5.91 Å². The lowest BCUT2D eigenvalue weighted by molar-refractivity contribution is -0.117. The zero-order valence-corrected chi connectivity index (χ0v) is 23.3. The molecule has 1 aliphatic carbocycles. The van der Waals surface area contributed by atoms with E-state index in [2.05, 4.69) is 5.32 Å². The van der Waals surface area contributed by atoms with Crippen molar-refractivity contribution >= 4 is 81.2 Å². The number of rotatable bonds is 8. The summed E-state index contributed by atoms with van der Waals surface area (Å²) in [4.78, 5) is 37.4. The highest BCUT2D eigenvalue weighted by Gasteiger charge is 2.67. The summed E-state index contributed by atoms with van der Waals surface area (Å²) in [5, 5.41) is 3.40. The van der Waals surface area contributed by atoms with Gasteiger partial charge in [-0.3, -0.25) is 14.4 Å². The van der Waals surface area contributed by atoms with E-state index in [1.807, 2.05) is 0 Å². The minimum absolute atomic E-state index is 0.0150. The third kappa shape index (κ3) is 5.85. The van der Waals surface area contributed by atoms with Crippen LogP contribution in [-0.2, 0) is 22.4 Å². The number of carbonyl (C=O) groups excluding carboxylic acids is 3. The highest BCUT2D eigenvalue weighted by Crippen LogP contribution is 2.65. The van der Waals surface area contributed by atoms with Gasteiger partial charge in [-0.25, -0.2) is 8.78 Å². The van der Waals surface area contributed by atoms with E-state index < -0.39 is 63.7 Å². The number of anilines is 1. The van der Waals surface area contributed by atoms with Gasteiger partial charge in [-0.15, -0.1) is 23.2 Å². The molecule has 38 heavy (non-hydrogen) atoms. The van der Waals surface area contributed by atoms with E-state index in [1.54, 1.807) is 18.2 Å². The van der Waals surface area contributed by atoms with E-state index in [9.17, 15) is 23.2 Å². The third-order valence-electron chi connectivity index (χ3n) is 6.22. The second kappa shape index (κ2) is 11.1. The van der Waals surface area contributed by atoms with Crippen molar-refractivity contribution in [2.45, 2.75) is 30.0 Å². The van der Waals surface area contributed by atoms with Crippen molar-refractivity contribution in [3.63, 3.8) is 0 Å². The van der Waals surface area contributed by atoms with Gasteiger partial charge >= 0.3 is 0 Å². The maximum Gasteiger partial charge on any atom is 0.231 e. The molecule has 0 spiro atoms.